The van der Waals surface area contributed by atoms with E-state index in [0.717, 1.165) is 61.5 Å². The average Bonchev–Trinajstić information content (AvgIpc) is 3.75. The second-order valence-electron chi connectivity index (χ2n) is 11.3. The lowest BCUT2D eigenvalue weighted by molar-refractivity contribution is 0.134. The number of unbranched alkanes of at least 4 members (excludes halogenated alkanes) is 1. The highest BCUT2D eigenvalue weighted by Gasteiger charge is 2.30. The molecule has 240 valence electrons. The number of thiophene rings is 1. The van der Waals surface area contributed by atoms with Gasteiger partial charge in [0.2, 0.25) is 0 Å². The lowest BCUT2D eigenvalue weighted by Crippen LogP contribution is -2.17. The average molecular weight is 626 g/mol. The molecule has 0 amide bonds. The quantitative estimate of drug-likeness (QED) is 0.297. The summed E-state index contributed by atoms with van der Waals surface area (Å²) >= 11 is 0.963. The lowest BCUT2D eigenvalue weighted by Gasteiger charge is -2.19. The van der Waals surface area contributed by atoms with Gasteiger partial charge in [-0.05, 0) is 82.6 Å². The molecule has 2 N–H and O–H groups in total. The van der Waals surface area contributed by atoms with Gasteiger partial charge in [0, 0.05) is 36.0 Å². The van der Waals surface area contributed by atoms with E-state index in [1.807, 2.05) is 32.1 Å². The molecule has 1 aromatic heterocycles. The largest absolute Gasteiger partial charge is 0.389 e. The molecule has 1 aromatic carbocycles. The van der Waals surface area contributed by atoms with Gasteiger partial charge in [0.1, 0.15) is 28.5 Å². The number of nitrogen functional groups attached to an aromatic ring is 1. The molecule has 0 bridgehead atoms. The molecule has 0 atom stereocenters. The summed E-state index contributed by atoms with van der Waals surface area (Å²) in [5, 5.41) is 9.92. The van der Waals surface area contributed by atoms with E-state index in [0.29, 0.717) is 23.3 Å². The summed E-state index contributed by atoms with van der Waals surface area (Å²) in [6.07, 6.45) is 10.7. The van der Waals surface area contributed by atoms with Crippen LogP contribution in [0.3, 0.4) is 0 Å². The molecule has 9 heteroatoms. The highest BCUT2D eigenvalue weighted by atomic mass is 32.1. The number of hydrogen-bond donors (Lipinski definition) is 1. The van der Waals surface area contributed by atoms with E-state index >= 15 is 4.39 Å². The van der Waals surface area contributed by atoms with E-state index in [1.165, 1.54) is 12.5 Å². The minimum absolute atomic E-state index is 0.105. The normalized spacial score (nSPS) is 14.7. The Bertz CT molecular complexity index is 1420. The third kappa shape index (κ3) is 8.87. The number of fused-ring (bicyclic) bond motifs is 1. The predicted molar refractivity (Wildman–Crippen MR) is 183 cm³/mol. The Labute approximate surface area is 267 Å². The number of hydrogen-bond acceptors (Lipinski definition) is 7. The van der Waals surface area contributed by atoms with Gasteiger partial charge in [0.05, 0.1) is 23.7 Å². The smallest absolute Gasteiger partial charge is 0.136 e. The van der Waals surface area contributed by atoms with Crippen molar-refractivity contribution in [2.45, 2.75) is 79.9 Å². The van der Waals surface area contributed by atoms with Gasteiger partial charge in [-0.15, -0.1) is 11.3 Å². The van der Waals surface area contributed by atoms with E-state index < -0.39 is 11.6 Å². The van der Waals surface area contributed by atoms with Crippen LogP contribution in [-0.4, -0.2) is 50.2 Å². The Morgan fingerprint density at radius 1 is 1.16 bits per heavy atom. The number of ether oxygens (including phenoxy) is 1. The van der Waals surface area contributed by atoms with Crippen molar-refractivity contribution in [3.63, 3.8) is 0 Å². The molecule has 0 spiro atoms. The highest BCUT2D eigenvalue weighted by Crippen LogP contribution is 2.44. The number of nitriles is 1. The monoisotopic (exact) mass is 625 g/mol. The fraction of sp³-hybridized carbons (Fsp3) is 0.486. The van der Waals surface area contributed by atoms with Crippen molar-refractivity contribution in [3.8, 4) is 6.07 Å². The Kier molecular flexibility index (Phi) is 15.0. The van der Waals surface area contributed by atoms with Gasteiger partial charge in [-0.3, -0.25) is 0 Å². The number of nitrogens with zero attached hydrogens (tertiary/aromatic N) is 4. The lowest BCUT2D eigenvalue weighted by atomic mass is 9.86. The summed E-state index contributed by atoms with van der Waals surface area (Å²) in [6.45, 7) is 16.2. The molecule has 0 unspecified atom stereocenters. The van der Waals surface area contributed by atoms with Crippen LogP contribution in [0.25, 0.3) is 11.4 Å². The molecule has 2 aliphatic rings. The maximum absolute atomic E-state index is 16.1. The van der Waals surface area contributed by atoms with Crippen molar-refractivity contribution in [1.29, 1.82) is 5.26 Å². The predicted octanol–water partition coefficient (Wildman–Crippen LogP) is 8.82. The zero-order valence-electron chi connectivity index (χ0n) is 27.7. The van der Waals surface area contributed by atoms with Crippen molar-refractivity contribution < 1.29 is 13.5 Å². The molecule has 0 radical (unpaired) electrons. The van der Waals surface area contributed by atoms with Crippen LogP contribution in [-0.2, 0) is 18.0 Å². The van der Waals surface area contributed by atoms with Crippen molar-refractivity contribution in [2.24, 2.45) is 4.99 Å². The van der Waals surface area contributed by atoms with Crippen LogP contribution in [0.1, 0.15) is 104 Å². The van der Waals surface area contributed by atoms with Crippen LogP contribution >= 0.6 is 11.3 Å². The fourth-order valence-corrected chi connectivity index (χ4v) is 5.94. The maximum Gasteiger partial charge on any atom is 0.136 e. The molecule has 0 saturated carbocycles. The standard InChI is InChI=1S/C29H32F2N4OS.C3H9N.C3H8/c1-5-7-10-24(35-11-8-9-12-35)34-14-20-17(3)27(31)25(22-16-36-15-21(20)22)18(4)26-19(13-32)29(33)37-28(26)23(30)6-2;1-4(2)3;1-3-2/h6,10,14H,4-5,7-9,11-12,15-16,33H2,1-3H3;1-3H3;3H2,1-2H3/b23-6+,24-10-,34-14-;;. The van der Waals surface area contributed by atoms with Gasteiger partial charge < -0.3 is 20.3 Å². The number of aliphatic imine (C=N–C) groups is 1. The Balaban J connectivity index is 0.000000876. The Hall–Kier alpha value is -3.32. The van der Waals surface area contributed by atoms with Gasteiger partial charge in [0.25, 0.3) is 0 Å². The van der Waals surface area contributed by atoms with Crippen molar-refractivity contribution in [2.75, 3.05) is 40.0 Å². The molecule has 2 aliphatic heterocycles. The van der Waals surface area contributed by atoms with E-state index in [2.05, 4.69) is 38.3 Å². The van der Waals surface area contributed by atoms with Crippen LogP contribution in [0.5, 0.6) is 0 Å². The highest BCUT2D eigenvalue weighted by molar-refractivity contribution is 7.17. The summed E-state index contributed by atoms with van der Waals surface area (Å²) in [7, 11) is 6.00. The first-order valence-electron chi connectivity index (χ1n) is 15.3. The molecule has 3 heterocycles. The second-order valence-corrected chi connectivity index (χ2v) is 12.4. The number of likely N-dealkylation sites (tertiary alicyclic amines) is 1. The van der Waals surface area contributed by atoms with Gasteiger partial charge in [-0.2, -0.15) is 5.26 Å². The first-order chi connectivity index (χ1) is 21.0. The van der Waals surface area contributed by atoms with Crippen LogP contribution < -0.4 is 5.73 Å². The van der Waals surface area contributed by atoms with E-state index in [9.17, 15) is 9.65 Å². The van der Waals surface area contributed by atoms with Crippen LogP contribution in [0.4, 0.5) is 13.8 Å². The summed E-state index contributed by atoms with van der Waals surface area (Å²) < 4.78 is 36.6. The number of allylic oxidation sites excluding steroid dienone is 2. The van der Waals surface area contributed by atoms with Crippen LogP contribution in [0, 0.1) is 24.1 Å². The summed E-state index contributed by atoms with van der Waals surface area (Å²) in [6, 6.07) is 2.05. The maximum atomic E-state index is 16.1. The summed E-state index contributed by atoms with van der Waals surface area (Å²) in [4.78, 5) is 9.25. The fourth-order valence-electron chi connectivity index (χ4n) is 4.93. The Morgan fingerprint density at radius 2 is 1.75 bits per heavy atom. The number of anilines is 1. The first kappa shape index (κ1) is 36.9. The second kappa shape index (κ2) is 17.8. The van der Waals surface area contributed by atoms with Crippen molar-refractivity contribution in [3.05, 3.63) is 74.2 Å². The van der Waals surface area contributed by atoms with Gasteiger partial charge >= 0.3 is 0 Å². The third-order valence-corrected chi connectivity index (χ3v) is 7.96. The molecule has 44 heavy (non-hydrogen) atoms. The Morgan fingerprint density at radius 3 is 2.30 bits per heavy atom. The van der Waals surface area contributed by atoms with Gasteiger partial charge in [0.15, 0.2) is 0 Å². The summed E-state index contributed by atoms with van der Waals surface area (Å²) in [5.41, 5.74) is 9.42. The molecule has 2 aromatic rings. The molecule has 1 fully saturated rings. The molecular formula is C35H49F2N5OS. The van der Waals surface area contributed by atoms with E-state index in [1.54, 1.807) is 20.1 Å². The molecule has 1 saturated heterocycles. The van der Waals surface area contributed by atoms with Crippen molar-refractivity contribution >= 4 is 34.0 Å². The summed E-state index contributed by atoms with van der Waals surface area (Å²) in [5.74, 6) is -0.0907. The number of halogens is 2. The topological polar surface area (TPSA) is 77.9 Å². The van der Waals surface area contributed by atoms with E-state index in [4.69, 9.17) is 15.5 Å². The van der Waals surface area contributed by atoms with Crippen LogP contribution in [0.15, 0.2) is 29.5 Å². The van der Waals surface area contributed by atoms with E-state index in [-0.39, 0.29) is 38.7 Å². The number of benzene rings is 1. The third-order valence-electron chi connectivity index (χ3n) is 6.93. The zero-order chi connectivity index (χ0) is 33.0. The molecule has 6 nitrogen and oxygen atoms in total. The van der Waals surface area contributed by atoms with Crippen molar-refractivity contribution in [1.82, 2.24) is 9.80 Å². The molecule has 4 rings (SSSR count). The van der Waals surface area contributed by atoms with Crippen LogP contribution in [0.2, 0.25) is 0 Å². The van der Waals surface area contributed by atoms with Gasteiger partial charge in [-0.1, -0.05) is 46.3 Å². The van der Waals surface area contributed by atoms with Gasteiger partial charge in [-0.25, -0.2) is 13.8 Å². The molecule has 0 aliphatic carbocycles. The number of nitrogens with two attached hydrogens (primary N) is 1. The minimum Gasteiger partial charge on any atom is -0.389 e. The minimum atomic E-state index is -0.531. The zero-order valence-corrected chi connectivity index (χ0v) is 28.6. The number of rotatable bonds is 8. The SMILES string of the molecule is C=C(c1c(/C(F)=C\C)sc(N)c1C#N)c1c(F)c(C)c(/C=N\C(=C\CCC)N2CCCC2)c2c1COC2.CCC.CN(C)C. The first-order valence-corrected chi connectivity index (χ1v) is 16.2. The molecular weight excluding hydrogens is 576 g/mol.